The van der Waals surface area contributed by atoms with E-state index in [0.29, 0.717) is 12.0 Å². The summed E-state index contributed by atoms with van der Waals surface area (Å²) in [6, 6.07) is 15.5. The molecule has 1 fully saturated rings. The Morgan fingerprint density at radius 1 is 1.15 bits per heavy atom. The highest BCUT2D eigenvalue weighted by Gasteiger charge is 2.49. The van der Waals surface area contributed by atoms with Crippen molar-refractivity contribution in [1.29, 1.82) is 0 Å². The molecule has 2 N–H and O–H groups in total. The van der Waals surface area contributed by atoms with Gasteiger partial charge in [-0.2, -0.15) is 0 Å². The van der Waals surface area contributed by atoms with Crippen LogP contribution in [0.2, 0.25) is 0 Å². The lowest BCUT2D eigenvalue weighted by atomic mass is 9.85. The monoisotopic (exact) mass is 333 g/mol. The Hall–Kier alpha value is -1.19. The molecular weight excluding hydrogens is 317 g/mol. The zero-order valence-electron chi connectivity index (χ0n) is 11.2. The molecule has 1 atom stereocenters. The molecule has 0 aliphatic heterocycles. The number of benzene rings is 2. The van der Waals surface area contributed by atoms with Crippen molar-refractivity contribution < 1.29 is 4.39 Å². The highest BCUT2D eigenvalue weighted by atomic mass is 79.9. The van der Waals surface area contributed by atoms with Gasteiger partial charge in [0.25, 0.3) is 0 Å². The lowest BCUT2D eigenvalue weighted by Crippen LogP contribution is -2.37. The van der Waals surface area contributed by atoms with Crippen molar-refractivity contribution in [3.05, 3.63) is 69.9 Å². The molecule has 0 amide bonds. The van der Waals surface area contributed by atoms with Crippen LogP contribution in [0, 0.1) is 5.82 Å². The largest absolute Gasteiger partial charge is 0.327 e. The van der Waals surface area contributed by atoms with E-state index in [4.69, 9.17) is 5.73 Å². The van der Waals surface area contributed by atoms with Crippen LogP contribution in [0.4, 0.5) is 4.39 Å². The second kappa shape index (κ2) is 5.30. The van der Waals surface area contributed by atoms with Crippen molar-refractivity contribution in [2.24, 2.45) is 5.73 Å². The summed E-state index contributed by atoms with van der Waals surface area (Å²) >= 11 is 3.28. The fourth-order valence-corrected chi connectivity index (χ4v) is 3.23. The number of halogens is 2. The topological polar surface area (TPSA) is 26.0 Å². The number of rotatable bonds is 4. The first-order valence-electron chi connectivity index (χ1n) is 6.87. The zero-order chi connectivity index (χ0) is 14.2. The van der Waals surface area contributed by atoms with E-state index in [9.17, 15) is 4.39 Å². The van der Waals surface area contributed by atoms with Gasteiger partial charge in [-0.25, -0.2) is 4.39 Å². The van der Waals surface area contributed by atoms with Crippen molar-refractivity contribution in [2.75, 3.05) is 0 Å². The number of hydrogen-bond donors (Lipinski definition) is 1. The Balaban J connectivity index is 1.81. The summed E-state index contributed by atoms with van der Waals surface area (Å²) in [5.74, 6) is -0.182. The third-order valence-electron chi connectivity index (χ3n) is 4.30. The molecule has 1 unspecified atom stereocenters. The quantitative estimate of drug-likeness (QED) is 0.891. The maximum Gasteiger partial charge on any atom is 0.127 e. The second-order valence-corrected chi connectivity index (χ2v) is 6.48. The van der Waals surface area contributed by atoms with Crippen molar-refractivity contribution >= 4 is 15.9 Å². The van der Waals surface area contributed by atoms with Gasteiger partial charge in [0, 0.05) is 15.9 Å². The second-order valence-electron chi connectivity index (χ2n) is 5.57. The molecule has 2 aromatic rings. The molecule has 104 valence electrons. The lowest BCUT2D eigenvalue weighted by Gasteiger charge is -2.24. The maximum absolute atomic E-state index is 13.9. The van der Waals surface area contributed by atoms with Crippen molar-refractivity contribution in [3.8, 4) is 0 Å². The van der Waals surface area contributed by atoms with E-state index in [1.807, 2.05) is 30.3 Å². The average Bonchev–Trinajstić information content (AvgIpc) is 3.24. The van der Waals surface area contributed by atoms with Gasteiger partial charge in [-0.05, 0) is 42.5 Å². The predicted molar refractivity (Wildman–Crippen MR) is 83.1 cm³/mol. The van der Waals surface area contributed by atoms with Crippen LogP contribution in [-0.4, -0.2) is 6.04 Å². The summed E-state index contributed by atoms with van der Waals surface area (Å²) in [6.45, 7) is 0. The van der Waals surface area contributed by atoms with Gasteiger partial charge in [-0.3, -0.25) is 0 Å². The SMILES string of the molecule is NC(Cc1ccc(Br)cc1F)C1(c2ccccc2)CC1. The van der Waals surface area contributed by atoms with Crippen LogP contribution in [-0.2, 0) is 11.8 Å². The predicted octanol–water partition coefficient (Wildman–Crippen LogP) is 4.19. The van der Waals surface area contributed by atoms with Crippen LogP contribution >= 0.6 is 15.9 Å². The van der Waals surface area contributed by atoms with Crippen LogP contribution in [0.25, 0.3) is 0 Å². The molecule has 0 spiro atoms. The minimum Gasteiger partial charge on any atom is -0.327 e. The van der Waals surface area contributed by atoms with Gasteiger partial charge in [0.15, 0.2) is 0 Å². The fourth-order valence-electron chi connectivity index (χ4n) is 2.90. The molecule has 20 heavy (non-hydrogen) atoms. The average molecular weight is 334 g/mol. The van der Waals surface area contributed by atoms with Gasteiger partial charge >= 0.3 is 0 Å². The fraction of sp³-hybridized carbons (Fsp3) is 0.294. The Morgan fingerprint density at radius 2 is 1.85 bits per heavy atom. The summed E-state index contributed by atoms with van der Waals surface area (Å²) in [5.41, 5.74) is 8.43. The van der Waals surface area contributed by atoms with Gasteiger partial charge in [-0.15, -0.1) is 0 Å². The normalized spacial score (nSPS) is 17.8. The summed E-state index contributed by atoms with van der Waals surface area (Å²) in [4.78, 5) is 0. The van der Waals surface area contributed by atoms with Crippen LogP contribution in [0.1, 0.15) is 24.0 Å². The molecule has 2 aromatic carbocycles. The maximum atomic E-state index is 13.9. The first kappa shape index (κ1) is 13.8. The molecule has 0 aromatic heterocycles. The Morgan fingerprint density at radius 3 is 2.45 bits per heavy atom. The zero-order valence-corrected chi connectivity index (χ0v) is 12.7. The first-order chi connectivity index (χ1) is 9.62. The molecule has 3 rings (SSSR count). The molecule has 0 bridgehead atoms. The minimum atomic E-state index is -0.182. The Labute approximate surface area is 127 Å². The van der Waals surface area contributed by atoms with E-state index in [0.717, 1.165) is 17.3 Å². The molecule has 0 saturated heterocycles. The molecular formula is C17H17BrFN. The van der Waals surface area contributed by atoms with Gasteiger partial charge in [-0.1, -0.05) is 52.3 Å². The molecule has 0 heterocycles. The van der Waals surface area contributed by atoms with E-state index >= 15 is 0 Å². The van der Waals surface area contributed by atoms with Gasteiger partial charge in [0.1, 0.15) is 5.82 Å². The number of nitrogens with two attached hydrogens (primary N) is 1. The number of hydrogen-bond acceptors (Lipinski definition) is 1. The van der Waals surface area contributed by atoms with E-state index in [2.05, 4.69) is 28.1 Å². The Bertz CT molecular complexity index is 608. The van der Waals surface area contributed by atoms with Crippen LogP contribution in [0.5, 0.6) is 0 Å². The van der Waals surface area contributed by atoms with E-state index in [1.165, 1.54) is 11.6 Å². The van der Waals surface area contributed by atoms with Gasteiger partial charge in [0.05, 0.1) is 0 Å². The highest BCUT2D eigenvalue weighted by molar-refractivity contribution is 9.10. The summed E-state index contributed by atoms with van der Waals surface area (Å²) in [6.07, 6.45) is 2.76. The molecule has 1 nitrogen and oxygen atoms in total. The minimum absolute atomic E-state index is 0.0411. The van der Waals surface area contributed by atoms with E-state index in [-0.39, 0.29) is 17.3 Å². The third kappa shape index (κ3) is 2.52. The lowest BCUT2D eigenvalue weighted by molar-refractivity contribution is 0.500. The van der Waals surface area contributed by atoms with Gasteiger partial charge < -0.3 is 5.73 Å². The standard InChI is InChI=1S/C17H17BrFN/c18-14-7-6-12(15(19)11-14)10-16(20)17(8-9-17)13-4-2-1-3-5-13/h1-7,11,16H,8-10,20H2. The van der Waals surface area contributed by atoms with Crippen molar-refractivity contribution in [1.82, 2.24) is 0 Å². The molecule has 1 aliphatic rings. The van der Waals surface area contributed by atoms with Crippen LogP contribution < -0.4 is 5.73 Å². The van der Waals surface area contributed by atoms with Crippen molar-refractivity contribution in [3.63, 3.8) is 0 Å². The summed E-state index contributed by atoms with van der Waals surface area (Å²) in [7, 11) is 0. The van der Waals surface area contributed by atoms with Crippen LogP contribution in [0.3, 0.4) is 0 Å². The van der Waals surface area contributed by atoms with Gasteiger partial charge in [0.2, 0.25) is 0 Å². The molecule has 3 heteroatoms. The molecule has 1 saturated carbocycles. The van der Waals surface area contributed by atoms with E-state index < -0.39 is 0 Å². The van der Waals surface area contributed by atoms with E-state index in [1.54, 1.807) is 0 Å². The molecule has 1 aliphatic carbocycles. The van der Waals surface area contributed by atoms with Crippen LogP contribution in [0.15, 0.2) is 53.0 Å². The first-order valence-corrected chi connectivity index (χ1v) is 7.66. The summed E-state index contributed by atoms with van der Waals surface area (Å²) in [5, 5.41) is 0. The van der Waals surface area contributed by atoms with Crippen molar-refractivity contribution in [2.45, 2.75) is 30.7 Å². The Kier molecular flexibility index (Phi) is 3.65. The third-order valence-corrected chi connectivity index (χ3v) is 4.80. The molecule has 0 radical (unpaired) electrons. The highest BCUT2D eigenvalue weighted by Crippen LogP contribution is 2.51. The smallest absolute Gasteiger partial charge is 0.127 e. The summed E-state index contributed by atoms with van der Waals surface area (Å²) < 4.78 is 14.7.